The Morgan fingerprint density at radius 1 is 0.717 bits per heavy atom. The van der Waals surface area contributed by atoms with E-state index in [0.717, 1.165) is 23.3 Å². The maximum atomic E-state index is 13.9. The molecule has 288 valence electrons. The molecule has 7 N–H and O–H groups in total. The van der Waals surface area contributed by atoms with Crippen LogP contribution >= 0.6 is 0 Å². The summed E-state index contributed by atoms with van der Waals surface area (Å²) in [7, 11) is 1.22. The quantitative estimate of drug-likeness (QED) is 0.0787. The van der Waals surface area contributed by atoms with Crippen LogP contribution in [-0.2, 0) is 46.3 Å². The van der Waals surface area contributed by atoms with Gasteiger partial charge in [-0.2, -0.15) is 0 Å². The highest BCUT2D eigenvalue weighted by Crippen LogP contribution is 2.13. The third kappa shape index (κ3) is 14.5. The van der Waals surface area contributed by atoms with Crippen LogP contribution < -0.4 is 27.4 Å². The molecule has 53 heavy (non-hydrogen) atoms. The van der Waals surface area contributed by atoms with Gasteiger partial charge in [0.25, 0.3) is 0 Å². The first-order valence-electron chi connectivity index (χ1n) is 18.2. The Balaban J connectivity index is 1.74. The topological polar surface area (TPSA) is 206 Å². The van der Waals surface area contributed by atoms with Crippen molar-refractivity contribution in [1.82, 2.24) is 25.8 Å². The van der Waals surface area contributed by atoms with Gasteiger partial charge in [-0.1, -0.05) is 74.5 Å². The third-order valence-corrected chi connectivity index (χ3v) is 8.92. The summed E-state index contributed by atoms with van der Waals surface area (Å²) in [6, 6.07) is 14.7. The van der Waals surface area contributed by atoms with Crippen LogP contribution in [0.25, 0.3) is 0 Å². The lowest BCUT2D eigenvalue weighted by Crippen LogP contribution is -2.59. The maximum absolute atomic E-state index is 13.9. The minimum absolute atomic E-state index is 0.00209. The Hall–Kier alpha value is -5.08. The lowest BCUT2D eigenvalue weighted by molar-refractivity contribution is -0.141. The fourth-order valence-electron chi connectivity index (χ4n) is 5.98. The van der Waals surface area contributed by atoms with Gasteiger partial charge >= 0.3 is 5.97 Å². The molecular formula is C39H55N7O7. The van der Waals surface area contributed by atoms with Gasteiger partial charge in [-0.3, -0.25) is 24.0 Å². The molecule has 0 aliphatic carbocycles. The van der Waals surface area contributed by atoms with Crippen LogP contribution in [0.2, 0.25) is 0 Å². The van der Waals surface area contributed by atoms with Gasteiger partial charge in [0.2, 0.25) is 29.5 Å². The fourth-order valence-corrected chi connectivity index (χ4v) is 5.98. The third-order valence-electron chi connectivity index (χ3n) is 8.92. The number of nitrogens with one attached hydrogen (secondary N) is 3. The zero-order valence-electron chi connectivity index (χ0n) is 31.0. The van der Waals surface area contributed by atoms with E-state index in [1.54, 1.807) is 4.90 Å². The SMILES string of the molecule is COC(=O)/C=C/C(=O)N1CCN(C(=O)[C@@H](CCCCN)NC(=O)C(CC(C)C)NC(=O)[C@@H](Cc2ccccc2)NC(=O)[C@H](N)Cc2ccccc2)CC1. The predicted molar refractivity (Wildman–Crippen MR) is 201 cm³/mol. The molecule has 3 rings (SSSR count). The molecule has 0 aromatic heterocycles. The molecule has 1 unspecified atom stereocenters. The average Bonchev–Trinajstić information content (AvgIpc) is 3.16. The number of ether oxygens (including phenoxy) is 1. The number of hydrogen-bond acceptors (Lipinski definition) is 9. The van der Waals surface area contributed by atoms with Crippen molar-refractivity contribution in [2.45, 2.75) is 76.5 Å². The van der Waals surface area contributed by atoms with E-state index in [1.807, 2.05) is 74.5 Å². The summed E-state index contributed by atoms with van der Waals surface area (Å²) in [5.74, 6) is -2.89. The summed E-state index contributed by atoms with van der Waals surface area (Å²) in [6.07, 6.45) is 4.47. The molecule has 4 atom stereocenters. The highest BCUT2D eigenvalue weighted by atomic mass is 16.5. The van der Waals surface area contributed by atoms with Crippen molar-refractivity contribution in [2.75, 3.05) is 39.8 Å². The number of methoxy groups -OCH3 is 1. The Labute approximate surface area is 312 Å². The van der Waals surface area contributed by atoms with E-state index in [2.05, 4.69) is 20.7 Å². The summed E-state index contributed by atoms with van der Waals surface area (Å²) in [6.45, 7) is 5.22. The van der Waals surface area contributed by atoms with Crippen molar-refractivity contribution in [1.29, 1.82) is 0 Å². The van der Waals surface area contributed by atoms with Gasteiger partial charge in [0.05, 0.1) is 13.2 Å². The molecule has 1 heterocycles. The number of carbonyl (C=O) groups is 6. The van der Waals surface area contributed by atoms with E-state index in [1.165, 1.54) is 12.0 Å². The van der Waals surface area contributed by atoms with Gasteiger partial charge in [-0.05, 0) is 55.7 Å². The minimum Gasteiger partial charge on any atom is -0.466 e. The Morgan fingerprint density at radius 2 is 1.25 bits per heavy atom. The van der Waals surface area contributed by atoms with Crippen LogP contribution in [0.15, 0.2) is 72.8 Å². The van der Waals surface area contributed by atoms with Gasteiger partial charge in [0.1, 0.15) is 18.1 Å². The number of benzene rings is 2. The molecule has 14 nitrogen and oxygen atoms in total. The number of esters is 1. The number of piperazine rings is 1. The molecule has 1 aliphatic heterocycles. The molecule has 1 saturated heterocycles. The molecule has 0 radical (unpaired) electrons. The monoisotopic (exact) mass is 733 g/mol. The summed E-state index contributed by atoms with van der Waals surface area (Å²) >= 11 is 0. The standard InChI is InChI=1S/C39H55N7O7/c1-27(2)24-32(44-38(51)33(26-29-14-8-5-9-15-29)43-36(49)30(41)25-28-12-6-4-7-13-28)37(50)42-31(16-10-11-19-40)39(52)46-22-20-45(21-23-46)34(47)17-18-35(48)53-3/h4-9,12-15,17-18,27,30-33H,10-11,16,19-26,40-41H2,1-3H3,(H,42,50)(H,43,49)(H,44,51)/b18-17+/t30-,31-,32?,33-/m1/s1. The minimum atomic E-state index is -1.03. The van der Waals surface area contributed by atoms with Crippen molar-refractivity contribution in [3.8, 4) is 0 Å². The highest BCUT2D eigenvalue weighted by Gasteiger charge is 2.33. The number of rotatable bonds is 19. The molecular weight excluding hydrogens is 678 g/mol. The van der Waals surface area contributed by atoms with E-state index >= 15 is 0 Å². The first kappa shape index (κ1) is 42.3. The predicted octanol–water partition coefficient (Wildman–Crippen LogP) is 0.829. The fraction of sp³-hybridized carbons (Fsp3) is 0.487. The van der Waals surface area contributed by atoms with Gasteiger partial charge in [-0.15, -0.1) is 0 Å². The second-order valence-electron chi connectivity index (χ2n) is 13.6. The summed E-state index contributed by atoms with van der Waals surface area (Å²) in [5, 5.41) is 8.57. The Kier molecular flexibility index (Phi) is 17.6. The van der Waals surface area contributed by atoms with Crippen LogP contribution in [-0.4, -0.2) is 109 Å². The molecule has 0 bridgehead atoms. The van der Waals surface area contributed by atoms with Crippen molar-refractivity contribution in [3.63, 3.8) is 0 Å². The Bertz CT molecular complexity index is 1530. The number of carbonyl (C=O) groups excluding carboxylic acids is 6. The van der Waals surface area contributed by atoms with Crippen LogP contribution in [0.4, 0.5) is 0 Å². The van der Waals surface area contributed by atoms with Crippen LogP contribution in [0, 0.1) is 5.92 Å². The van der Waals surface area contributed by atoms with Crippen molar-refractivity contribution in [3.05, 3.63) is 83.9 Å². The van der Waals surface area contributed by atoms with E-state index < -0.39 is 47.9 Å². The van der Waals surface area contributed by atoms with Crippen molar-refractivity contribution >= 4 is 35.5 Å². The number of amides is 5. The summed E-state index contributed by atoms with van der Waals surface area (Å²) in [5.41, 5.74) is 13.7. The number of hydrogen-bond donors (Lipinski definition) is 5. The van der Waals surface area contributed by atoms with E-state index in [0.29, 0.717) is 25.8 Å². The lowest BCUT2D eigenvalue weighted by Gasteiger charge is -2.36. The zero-order chi connectivity index (χ0) is 38.8. The van der Waals surface area contributed by atoms with Gasteiger partial charge in [0.15, 0.2) is 0 Å². The molecule has 2 aromatic rings. The Morgan fingerprint density at radius 3 is 1.81 bits per heavy atom. The average molecular weight is 734 g/mol. The number of nitrogens with two attached hydrogens (primary N) is 2. The smallest absolute Gasteiger partial charge is 0.330 e. The molecule has 0 spiro atoms. The maximum Gasteiger partial charge on any atom is 0.330 e. The highest BCUT2D eigenvalue weighted by molar-refractivity contribution is 5.96. The van der Waals surface area contributed by atoms with Gasteiger partial charge in [0, 0.05) is 44.8 Å². The van der Waals surface area contributed by atoms with Crippen LogP contribution in [0.5, 0.6) is 0 Å². The first-order valence-corrected chi connectivity index (χ1v) is 18.2. The van der Waals surface area contributed by atoms with Crippen molar-refractivity contribution < 1.29 is 33.5 Å². The molecule has 2 aromatic carbocycles. The van der Waals surface area contributed by atoms with E-state index in [-0.39, 0.29) is 63.2 Å². The molecule has 14 heteroatoms. The van der Waals surface area contributed by atoms with E-state index in [9.17, 15) is 28.8 Å². The molecule has 0 saturated carbocycles. The second-order valence-corrected chi connectivity index (χ2v) is 13.6. The van der Waals surface area contributed by atoms with Crippen molar-refractivity contribution in [2.24, 2.45) is 17.4 Å². The molecule has 5 amide bonds. The normalized spacial score (nSPS) is 15.3. The molecule has 1 fully saturated rings. The van der Waals surface area contributed by atoms with Gasteiger partial charge in [-0.25, -0.2) is 4.79 Å². The largest absolute Gasteiger partial charge is 0.466 e. The summed E-state index contributed by atoms with van der Waals surface area (Å²) in [4.78, 5) is 82.0. The zero-order valence-corrected chi connectivity index (χ0v) is 31.0. The van der Waals surface area contributed by atoms with Crippen LogP contribution in [0.3, 0.4) is 0 Å². The first-order chi connectivity index (χ1) is 25.4. The number of unbranched alkanes of at least 4 members (excludes halogenated alkanes) is 1. The van der Waals surface area contributed by atoms with Crippen LogP contribution in [0.1, 0.15) is 50.7 Å². The second kappa shape index (κ2) is 22.1. The lowest BCUT2D eigenvalue weighted by atomic mass is 9.99. The summed E-state index contributed by atoms with van der Waals surface area (Å²) < 4.78 is 4.54. The van der Waals surface area contributed by atoms with Gasteiger partial charge < -0.3 is 42.0 Å². The number of nitrogens with zero attached hydrogens (tertiary/aromatic N) is 2. The van der Waals surface area contributed by atoms with E-state index in [4.69, 9.17) is 11.5 Å². The molecule has 1 aliphatic rings.